The van der Waals surface area contributed by atoms with E-state index in [4.69, 9.17) is 9.47 Å². The fourth-order valence-electron chi connectivity index (χ4n) is 3.43. The number of benzene rings is 1. The molecule has 3 atom stereocenters. The summed E-state index contributed by atoms with van der Waals surface area (Å²) < 4.78 is 11.1. The Labute approximate surface area is 138 Å². The third-order valence-corrected chi connectivity index (χ3v) is 4.96. The molecule has 0 spiro atoms. The maximum atomic E-state index is 12.4. The first-order valence-electron chi connectivity index (χ1n) is 8.24. The maximum Gasteiger partial charge on any atom is 0.310 e. The zero-order valence-corrected chi connectivity index (χ0v) is 14.7. The van der Waals surface area contributed by atoms with Gasteiger partial charge < -0.3 is 14.6 Å². The number of carbonyl (C=O) groups excluding carboxylic acids is 1. The van der Waals surface area contributed by atoms with Gasteiger partial charge in [0.2, 0.25) is 0 Å². The minimum atomic E-state index is -0.702. The SMILES string of the molecule is CCOC(C)(C)C(O)C1C(C(=O)OCc2ccccc2)C1(C)C. The molecular formula is C19H28O4. The predicted molar refractivity (Wildman–Crippen MR) is 88.7 cm³/mol. The summed E-state index contributed by atoms with van der Waals surface area (Å²) in [7, 11) is 0. The average Bonchev–Trinajstić information content (AvgIpc) is 3.07. The van der Waals surface area contributed by atoms with Gasteiger partial charge in [0.15, 0.2) is 0 Å². The lowest BCUT2D eigenvalue weighted by Crippen LogP contribution is -2.42. The van der Waals surface area contributed by atoms with Crippen LogP contribution in [0.15, 0.2) is 30.3 Å². The van der Waals surface area contributed by atoms with Crippen LogP contribution in [0, 0.1) is 17.3 Å². The summed E-state index contributed by atoms with van der Waals surface area (Å²) in [6.07, 6.45) is -0.702. The summed E-state index contributed by atoms with van der Waals surface area (Å²) in [6, 6.07) is 9.62. The Bertz CT molecular complexity index is 536. The molecule has 1 saturated carbocycles. The standard InChI is InChI=1S/C19H28O4/c1-6-23-19(4,5)16(20)14-15(18(14,2)3)17(21)22-12-13-10-8-7-9-11-13/h7-11,14-16,20H,6,12H2,1-5H3. The van der Waals surface area contributed by atoms with E-state index in [0.717, 1.165) is 5.56 Å². The summed E-state index contributed by atoms with van der Waals surface area (Å²) in [6.45, 7) is 10.4. The highest BCUT2D eigenvalue weighted by atomic mass is 16.5. The Morgan fingerprint density at radius 1 is 1.30 bits per heavy atom. The lowest BCUT2D eigenvalue weighted by Gasteiger charge is -2.31. The molecule has 1 aliphatic carbocycles. The van der Waals surface area contributed by atoms with E-state index in [-0.39, 0.29) is 29.8 Å². The van der Waals surface area contributed by atoms with Gasteiger partial charge in [0, 0.05) is 12.5 Å². The van der Waals surface area contributed by atoms with Gasteiger partial charge in [-0.15, -0.1) is 0 Å². The molecule has 0 amide bonds. The van der Waals surface area contributed by atoms with Crippen molar-refractivity contribution in [2.24, 2.45) is 17.3 Å². The van der Waals surface area contributed by atoms with Gasteiger partial charge in [-0.05, 0) is 31.7 Å². The number of ether oxygens (including phenoxy) is 2. The van der Waals surface area contributed by atoms with Crippen LogP contribution in [0.1, 0.15) is 40.2 Å². The highest BCUT2D eigenvalue weighted by Gasteiger charge is 2.67. The molecule has 128 valence electrons. The molecule has 0 aromatic heterocycles. The van der Waals surface area contributed by atoms with E-state index in [1.807, 2.05) is 65.0 Å². The molecule has 1 aromatic rings. The van der Waals surface area contributed by atoms with E-state index in [1.54, 1.807) is 0 Å². The highest BCUT2D eigenvalue weighted by Crippen LogP contribution is 2.62. The van der Waals surface area contributed by atoms with Gasteiger partial charge in [-0.25, -0.2) is 0 Å². The van der Waals surface area contributed by atoms with Gasteiger partial charge in [0.05, 0.1) is 17.6 Å². The minimum absolute atomic E-state index is 0.146. The molecule has 0 aliphatic heterocycles. The first-order chi connectivity index (χ1) is 10.7. The molecule has 1 fully saturated rings. The Balaban J connectivity index is 1.98. The molecule has 1 aliphatic rings. The summed E-state index contributed by atoms with van der Waals surface area (Å²) in [5.74, 6) is -0.677. The summed E-state index contributed by atoms with van der Waals surface area (Å²) in [5, 5.41) is 10.7. The molecule has 1 N–H and O–H groups in total. The van der Waals surface area contributed by atoms with Gasteiger partial charge >= 0.3 is 5.97 Å². The average molecular weight is 320 g/mol. The second kappa shape index (κ2) is 6.62. The van der Waals surface area contributed by atoms with E-state index in [1.165, 1.54) is 0 Å². The first kappa shape index (κ1) is 18.0. The van der Waals surface area contributed by atoms with Crippen LogP contribution in [0.2, 0.25) is 0 Å². The van der Waals surface area contributed by atoms with Crippen LogP contribution in [0.4, 0.5) is 0 Å². The van der Waals surface area contributed by atoms with Crippen LogP contribution in [0.5, 0.6) is 0 Å². The Kier molecular flexibility index (Phi) is 5.17. The van der Waals surface area contributed by atoms with Gasteiger partial charge in [-0.2, -0.15) is 0 Å². The zero-order valence-electron chi connectivity index (χ0n) is 14.7. The van der Waals surface area contributed by atoms with Crippen molar-refractivity contribution in [2.75, 3.05) is 6.61 Å². The minimum Gasteiger partial charge on any atom is -0.461 e. The smallest absolute Gasteiger partial charge is 0.310 e. The normalized spacial score (nSPS) is 24.1. The van der Waals surface area contributed by atoms with Crippen molar-refractivity contribution in [1.82, 2.24) is 0 Å². The third kappa shape index (κ3) is 3.75. The van der Waals surface area contributed by atoms with Gasteiger partial charge in [-0.1, -0.05) is 44.2 Å². The predicted octanol–water partition coefficient (Wildman–Crippen LogP) is 3.18. The number of hydrogen-bond donors (Lipinski definition) is 1. The maximum absolute atomic E-state index is 12.4. The second-order valence-electron chi connectivity index (χ2n) is 7.40. The van der Waals surface area contributed by atoms with E-state index in [2.05, 4.69) is 0 Å². The number of aliphatic hydroxyl groups excluding tert-OH is 1. The molecule has 4 heteroatoms. The molecule has 0 bridgehead atoms. The first-order valence-corrected chi connectivity index (χ1v) is 8.24. The van der Waals surface area contributed by atoms with Crippen LogP contribution in [-0.2, 0) is 20.9 Å². The van der Waals surface area contributed by atoms with E-state index in [9.17, 15) is 9.90 Å². The summed E-state index contributed by atoms with van der Waals surface area (Å²) >= 11 is 0. The van der Waals surface area contributed by atoms with Crippen molar-refractivity contribution < 1.29 is 19.4 Å². The highest BCUT2D eigenvalue weighted by molar-refractivity contribution is 5.78. The Morgan fingerprint density at radius 3 is 2.48 bits per heavy atom. The van der Waals surface area contributed by atoms with E-state index in [0.29, 0.717) is 6.61 Å². The Hall–Kier alpha value is -1.39. The molecule has 23 heavy (non-hydrogen) atoms. The van der Waals surface area contributed by atoms with Crippen molar-refractivity contribution in [3.8, 4) is 0 Å². The summed E-state index contributed by atoms with van der Waals surface area (Å²) in [5.41, 5.74) is 0.0123. The fourth-order valence-corrected chi connectivity index (χ4v) is 3.43. The van der Waals surface area contributed by atoms with Crippen molar-refractivity contribution in [3.63, 3.8) is 0 Å². The van der Waals surface area contributed by atoms with Gasteiger partial charge in [0.1, 0.15) is 6.61 Å². The molecule has 3 unspecified atom stereocenters. The van der Waals surface area contributed by atoms with Crippen molar-refractivity contribution >= 4 is 5.97 Å². The van der Waals surface area contributed by atoms with Crippen molar-refractivity contribution in [2.45, 2.75) is 52.9 Å². The molecule has 1 aromatic carbocycles. The molecule has 2 rings (SSSR count). The van der Waals surface area contributed by atoms with Gasteiger partial charge in [0.25, 0.3) is 0 Å². The number of carbonyl (C=O) groups is 1. The van der Waals surface area contributed by atoms with Crippen LogP contribution < -0.4 is 0 Å². The van der Waals surface area contributed by atoms with E-state index >= 15 is 0 Å². The third-order valence-electron chi connectivity index (χ3n) is 4.96. The lowest BCUT2D eigenvalue weighted by atomic mass is 9.93. The van der Waals surface area contributed by atoms with Crippen LogP contribution in [0.3, 0.4) is 0 Å². The number of hydrogen-bond acceptors (Lipinski definition) is 4. The molecular weight excluding hydrogens is 292 g/mol. The van der Waals surface area contributed by atoms with Crippen LogP contribution in [0.25, 0.3) is 0 Å². The van der Waals surface area contributed by atoms with Crippen molar-refractivity contribution in [1.29, 1.82) is 0 Å². The van der Waals surface area contributed by atoms with Gasteiger partial charge in [-0.3, -0.25) is 4.79 Å². The largest absolute Gasteiger partial charge is 0.461 e. The fraction of sp³-hybridized carbons (Fsp3) is 0.632. The number of rotatable bonds is 7. The van der Waals surface area contributed by atoms with Crippen LogP contribution >= 0.6 is 0 Å². The topological polar surface area (TPSA) is 55.8 Å². The molecule has 0 radical (unpaired) electrons. The van der Waals surface area contributed by atoms with Crippen LogP contribution in [-0.4, -0.2) is 29.4 Å². The van der Waals surface area contributed by atoms with Crippen molar-refractivity contribution in [3.05, 3.63) is 35.9 Å². The lowest BCUT2D eigenvalue weighted by molar-refractivity contribution is -0.149. The number of esters is 1. The van der Waals surface area contributed by atoms with E-state index < -0.39 is 11.7 Å². The Morgan fingerprint density at radius 2 is 1.91 bits per heavy atom. The summed E-state index contributed by atoms with van der Waals surface area (Å²) in [4.78, 5) is 12.4. The molecule has 4 nitrogen and oxygen atoms in total. The molecule has 0 heterocycles. The second-order valence-corrected chi connectivity index (χ2v) is 7.40. The monoisotopic (exact) mass is 320 g/mol. The number of aliphatic hydroxyl groups is 1. The quantitative estimate of drug-likeness (QED) is 0.784. The zero-order chi connectivity index (χ0) is 17.3. The molecule has 0 saturated heterocycles.